The summed E-state index contributed by atoms with van der Waals surface area (Å²) in [5.74, 6) is 0.559. The summed E-state index contributed by atoms with van der Waals surface area (Å²) in [6.07, 6.45) is 5.08. The van der Waals surface area contributed by atoms with Gasteiger partial charge in [-0.3, -0.25) is 9.48 Å². The third-order valence-corrected chi connectivity index (χ3v) is 4.52. The van der Waals surface area contributed by atoms with E-state index < -0.39 is 0 Å². The normalized spacial score (nSPS) is 11.4. The van der Waals surface area contributed by atoms with Crippen LogP contribution < -0.4 is 5.32 Å². The monoisotopic (exact) mass is 353 g/mol. The van der Waals surface area contributed by atoms with Crippen LogP contribution in [0.25, 0.3) is 5.65 Å². The van der Waals surface area contributed by atoms with Gasteiger partial charge >= 0.3 is 0 Å². The lowest BCUT2D eigenvalue weighted by molar-refractivity contribution is -0.120. The van der Waals surface area contributed by atoms with E-state index in [1.807, 2.05) is 53.5 Å². The fourth-order valence-corrected chi connectivity index (χ4v) is 3.17. The van der Waals surface area contributed by atoms with Gasteiger partial charge in [0, 0.05) is 43.2 Å². The van der Waals surface area contributed by atoms with Crippen molar-refractivity contribution in [3.63, 3.8) is 0 Å². The number of aromatic nitrogens is 4. The average molecular weight is 353 g/mol. The van der Waals surface area contributed by atoms with Crippen molar-refractivity contribution < 1.29 is 4.79 Å². The Balaban J connectivity index is 1.55. The van der Waals surface area contributed by atoms with Gasteiger partial charge in [0.25, 0.3) is 0 Å². The van der Waals surface area contributed by atoms with Crippen molar-refractivity contribution in [1.29, 1.82) is 0 Å². The quantitative estimate of drug-likeness (QED) is 0.710. The molecule has 0 radical (unpaired) electrons. The molecule has 0 bridgehead atoms. The maximum absolute atomic E-state index is 12.3. The van der Waals surface area contributed by atoms with Crippen LogP contribution in [0.15, 0.2) is 30.6 Å². The number of hydrogen-bond acceptors (Lipinski definition) is 3. The van der Waals surface area contributed by atoms with Gasteiger partial charge in [-0.25, -0.2) is 4.98 Å². The fraction of sp³-hybridized carbons (Fsp3) is 0.450. The number of hydrogen-bond donors (Lipinski definition) is 1. The van der Waals surface area contributed by atoms with Gasteiger partial charge in [0.1, 0.15) is 5.65 Å². The first-order chi connectivity index (χ1) is 12.4. The average Bonchev–Trinajstić information content (AvgIpc) is 3.10. The summed E-state index contributed by atoms with van der Waals surface area (Å²) in [6.45, 7) is 9.82. The lowest BCUT2D eigenvalue weighted by atomic mass is 10.1. The Hall–Kier alpha value is -2.63. The molecule has 0 aliphatic carbocycles. The Morgan fingerprint density at radius 2 is 2.08 bits per heavy atom. The molecule has 138 valence electrons. The minimum Gasteiger partial charge on any atom is -0.355 e. The van der Waals surface area contributed by atoms with Gasteiger partial charge in [0.05, 0.1) is 17.8 Å². The number of rotatable bonds is 7. The molecule has 0 spiro atoms. The van der Waals surface area contributed by atoms with Gasteiger partial charge in [-0.1, -0.05) is 19.9 Å². The molecule has 3 heterocycles. The van der Waals surface area contributed by atoms with Crippen LogP contribution in [0.1, 0.15) is 36.5 Å². The summed E-state index contributed by atoms with van der Waals surface area (Å²) in [7, 11) is 0. The highest BCUT2D eigenvalue weighted by atomic mass is 16.1. The Bertz CT molecular complexity index is 873. The minimum absolute atomic E-state index is 0.0315. The Labute approximate surface area is 154 Å². The molecule has 0 unspecified atom stereocenters. The van der Waals surface area contributed by atoms with Crippen molar-refractivity contribution in [2.45, 2.75) is 47.1 Å². The summed E-state index contributed by atoms with van der Waals surface area (Å²) in [5, 5.41) is 7.58. The third kappa shape index (κ3) is 4.12. The Morgan fingerprint density at radius 1 is 1.27 bits per heavy atom. The molecular formula is C20H27N5O. The van der Waals surface area contributed by atoms with Crippen molar-refractivity contribution in [3.8, 4) is 0 Å². The lowest BCUT2D eigenvalue weighted by Crippen LogP contribution is -2.27. The molecule has 0 saturated carbocycles. The Kier molecular flexibility index (Phi) is 5.40. The number of amides is 1. The number of nitrogens with zero attached hydrogens (tertiary/aromatic N) is 4. The number of nitrogens with one attached hydrogen (secondary N) is 1. The highest BCUT2D eigenvalue weighted by molar-refractivity contribution is 5.79. The van der Waals surface area contributed by atoms with Crippen molar-refractivity contribution in [2.24, 2.45) is 5.92 Å². The molecule has 0 fully saturated rings. The van der Waals surface area contributed by atoms with E-state index in [0.29, 0.717) is 18.9 Å². The summed E-state index contributed by atoms with van der Waals surface area (Å²) in [5.41, 5.74) is 4.98. The van der Waals surface area contributed by atoms with Crippen LogP contribution in [0.3, 0.4) is 0 Å². The number of imidazole rings is 1. The van der Waals surface area contributed by atoms with Crippen LogP contribution in [0, 0.1) is 19.8 Å². The van der Waals surface area contributed by atoms with E-state index in [4.69, 9.17) is 0 Å². The van der Waals surface area contributed by atoms with Gasteiger partial charge < -0.3 is 9.72 Å². The molecule has 6 nitrogen and oxygen atoms in total. The molecule has 3 aromatic heterocycles. The van der Waals surface area contributed by atoms with Gasteiger partial charge in [-0.2, -0.15) is 5.10 Å². The first-order valence-electron chi connectivity index (χ1n) is 9.16. The van der Waals surface area contributed by atoms with E-state index in [1.165, 1.54) is 0 Å². The zero-order chi connectivity index (χ0) is 18.7. The fourth-order valence-electron chi connectivity index (χ4n) is 3.17. The van der Waals surface area contributed by atoms with Gasteiger partial charge in [0.2, 0.25) is 5.91 Å². The van der Waals surface area contributed by atoms with Crippen LogP contribution >= 0.6 is 0 Å². The van der Waals surface area contributed by atoms with Crippen LogP contribution in [0.5, 0.6) is 0 Å². The predicted octanol–water partition coefficient (Wildman–Crippen LogP) is 2.71. The van der Waals surface area contributed by atoms with Crippen molar-refractivity contribution >= 4 is 11.6 Å². The number of fused-ring (bicyclic) bond motifs is 1. The summed E-state index contributed by atoms with van der Waals surface area (Å²) < 4.78 is 4.01. The SMILES string of the molecule is Cc1nn(CC(C)C)c(C)c1CC(=O)NCCc1cn2ccccc2n1. The van der Waals surface area contributed by atoms with Crippen molar-refractivity contribution in [1.82, 2.24) is 24.5 Å². The third-order valence-electron chi connectivity index (χ3n) is 4.52. The predicted molar refractivity (Wildman–Crippen MR) is 102 cm³/mol. The molecule has 1 N–H and O–H groups in total. The van der Waals surface area contributed by atoms with Gasteiger partial charge in [-0.15, -0.1) is 0 Å². The van der Waals surface area contributed by atoms with Crippen LogP contribution in [0.4, 0.5) is 0 Å². The number of carbonyl (C=O) groups is 1. The molecule has 3 rings (SSSR count). The summed E-state index contributed by atoms with van der Waals surface area (Å²) in [4.78, 5) is 16.9. The Morgan fingerprint density at radius 3 is 2.81 bits per heavy atom. The molecule has 0 atom stereocenters. The van der Waals surface area contributed by atoms with Crippen LogP contribution in [-0.2, 0) is 24.2 Å². The van der Waals surface area contributed by atoms with Crippen LogP contribution in [0.2, 0.25) is 0 Å². The minimum atomic E-state index is 0.0315. The topological polar surface area (TPSA) is 64.2 Å². The maximum Gasteiger partial charge on any atom is 0.224 e. The lowest BCUT2D eigenvalue weighted by Gasteiger charge is -2.08. The number of aryl methyl sites for hydroxylation is 1. The maximum atomic E-state index is 12.3. The first kappa shape index (κ1) is 18.2. The van der Waals surface area contributed by atoms with E-state index >= 15 is 0 Å². The van der Waals surface area contributed by atoms with Gasteiger partial charge in [-0.05, 0) is 31.9 Å². The van der Waals surface area contributed by atoms with E-state index in [1.54, 1.807) is 0 Å². The molecule has 0 aliphatic heterocycles. The van der Waals surface area contributed by atoms with Gasteiger partial charge in [0.15, 0.2) is 0 Å². The highest BCUT2D eigenvalue weighted by Crippen LogP contribution is 2.15. The number of carbonyl (C=O) groups excluding carboxylic acids is 1. The van der Waals surface area contributed by atoms with E-state index in [-0.39, 0.29) is 5.91 Å². The molecular weight excluding hydrogens is 326 g/mol. The molecule has 3 aromatic rings. The zero-order valence-electron chi connectivity index (χ0n) is 16.0. The molecule has 0 saturated heterocycles. The van der Waals surface area contributed by atoms with E-state index in [0.717, 1.165) is 41.3 Å². The second kappa shape index (κ2) is 7.72. The molecule has 0 aromatic carbocycles. The summed E-state index contributed by atoms with van der Waals surface area (Å²) in [6, 6.07) is 5.92. The first-order valence-corrected chi connectivity index (χ1v) is 9.16. The smallest absolute Gasteiger partial charge is 0.224 e. The highest BCUT2D eigenvalue weighted by Gasteiger charge is 2.15. The number of pyridine rings is 1. The summed E-state index contributed by atoms with van der Waals surface area (Å²) >= 11 is 0. The largest absolute Gasteiger partial charge is 0.355 e. The van der Waals surface area contributed by atoms with Crippen LogP contribution in [-0.4, -0.2) is 31.6 Å². The molecule has 1 amide bonds. The van der Waals surface area contributed by atoms with Crippen molar-refractivity contribution in [3.05, 3.63) is 53.2 Å². The molecule has 6 heteroatoms. The van der Waals surface area contributed by atoms with E-state index in [9.17, 15) is 4.79 Å². The second-order valence-electron chi connectivity index (χ2n) is 7.20. The van der Waals surface area contributed by atoms with Crippen molar-refractivity contribution in [2.75, 3.05) is 6.54 Å². The standard InChI is InChI=1S/C20H27N5O/c1-14(2)12-25-16(4)18(15(3)23-25)11-20(26)21-9-8-17-13-24-10-6-5-7-19(24)22-17/h5-7,10,13-14H,8-9,11-12H2,1-4H3,(H,21,26). The second-order valence-corrected chi connectivity index (χ2v) is 7.20. The molecule has 0 aliphatic rings. The van der Waals surface area contributed by atoms with E-state index in [2.05, 4.69) is 29.2 Å². The zero-order valence-corrected chi connectivity index (χ0v) is 16.0. The molecule has 26 heavy (non-hydrogen) atoms.